The minimum Gasteiger partial charge on any atom is -0.309 e. The number of allylic oxidation sites excluding steroid dienone is 1. The second kappa shape index (κ2) is 3.74. The second-order valence-corrected chi connectivity index (χ2v) is 6.27. The highest BCUT2D eigenvalue weighted by Crippen LogP contribution is 2.60. The van der Waals surface area contributed by atoms with Gasteiger partial charge in [-0.05, 0) is 43.3 Å². The van der Waals surface area contributed by atoms with Crippen LogP contribution in [0.1, 0.15) is 27.2 Å². The third-order valence-corrected chi connectivity index (χ3v) is 4.92. The zero-order valence-corrected chi connectivity index (χ0v) is 11.0. The lowest BCUT2D eigenvalue weighted by molar-refractivity contribution is 0.0982. The highest BCUT2D eigenvalue weighted by atomic mass is 16.5. The van der Waals surface area contributed by atoms with Crippen molar-refractivity contribution in [3.63, 3.8) is 0 Å². The first-order chi connectivity index (χ1) is 7.39. The first kappa shape index (κ1) is 11.9. The van der Waals surface area contributed by atoms with Crippen LogP contribution in [-0.4, -0.2) is 30.7 Å². The third kappa shape index (κ3) is 1.49. The molecule has 1 fully saturated rings. The van der Waals surface area contributed by atoms with Crippen molar-refractivity contribution in [1.82, 2.24) is 10.4 Å². The normalized spacial score (nSPS) is 36.3. The fourth-order valence-electron chi connectivity index (χ4n) is 3.66. The summed E-state index contributed by atoms with van der Waals surface area (Å²) in [6, 6.07) is 0. The fraction of sp³-hybridized carbons (Fsp3) is 0.846. The summed E-state index contributed by atoms with van der Waals surface area (Å²) in [4.78, 5) is 2.21. The molecule has 2 aliphatic carbocycles. The molecule has 92 valence electrons. The molecule has 2 aliphatic rings. The first-order valence-electron chi connectivity index (χ1n) is 6.17. The summed E-state index contributed by atoms with van der Waals surface area (Å²) in [7, 11) is 4.20. The Morgan fingerprint density at radius 1 is 1.44 bits per heavy atom. The Morgan fingerprint density at radius 2 is 2.06 bits per heavy atom. The minimum atomic E-state index is 0.371. The summed E-state index contributed by atoms with van der Waals surface area (Å²) < 4.78 is 0. The molecule has 3 unspecified atom stereocenters. The Hall–Kier alpha value is -0.540. The zero-order chi connectivity index (χ0) is 12.1. The van der Waals surface area contributed by atoms with E-state index in [2.05, 4.69) is 45.2 Å². The summed E-state index contributed by atoms with van der Waals surface area (Å²) in [5.74, 6) is 1.74. The molecule has 0 aromatic heterocycles. The zero-order valence-electron chi connectivity index (χ0n) is 11.0. The summed E-state index contributed by atoms with van der Waals surface area (Å²) >= 11 is 0. The molecule has 2 rings (SSSR count). The second-order valence-electron chi connectivity index (χ2n) is 6.27. The van der Waals surface area contributed by atoms with Crippen LogP contribution >= 0.6 is 0 Å². The number of hydrogen-bond donors (Lipinski definition) is 2. The van der Waals surface area contributed by atoms with E-state index in [1.54, 1.807) is 0 Å². The molecule has 1 saturated carbocycles. The fourth-order valence-corrected chi connectivity index (χ4v) is 3.66. The van der Waals surface area contributed by atoms with Gasteiger partial charge >= 0.3 is 0 Å². The van der Waals surface area contributed by atoms with Crippen LogP contribution in [0.25, 0.3) is 0 Å². The lowest BCUT2D eigenvalue weighted by Gasteiger charge is -2.40. The minimum absolute atomic E-state index is 0.371. The Kier molecular flexibility index (Phi) is 2.79. The smallest absolute Gasteiger partial charge is 0.0418 e. The van der Waals surface area contributed by atoms with Crippen LogP contribution in [0.4, 0.5) is 0 Å². The van der Waals surface area contributed by atoms with E-state index in [0.29, 0.717) is 23.2 Å². The van der Waals surface area contributed by atoms with Crippen molar-refractivity contribution in [3.8, 4) is 0 Å². The number of nitrogens with one attached hydrogen (secondary N) is 1. The Morgan fingerprint density at radius 3 is 2.56 bits per heavy atom. The summed E-state index contributed by atoms with van der Waals surface area (Å²) in [6.45, 7) is 8.05. The van der Waals surface area contributed by atoms with Gasteiger partial charge in [0.2, 0.25) is 0 Å². The van der Waals surface area contributed by atoms with Gasteiger partial charge in [0.15, 0.2) is 0 Å². The molecule has 0 amide bonds. The van der Waals surface area contributed by atoms with Crippen molar-refractivity contribution in [2.45, 2.75) is 27.2 Å². The van der Waals surface area contributed by atoms with E-state index in [9.17, 15) is 5.21 Å². The molecule has 3 heteroatoms. The number of rotatable bonds is 3. The van der Waals surface area contributed by atoms with Crippen LogP contribution in [-0.2, 0) is 0 Å². The van der Waals surface area contributed by atoms with E-state index in [-0.39, 0.29) is 0 Å². The Labute approximate surface area is 98.5 Å². The van der Waals surface area contributed by atoms with E-state index in [1.165, 1.54) is 5.57 Å². The Bertz CT molecular complexity index is 320. The lowest BCUT2D eigenvalue weighted by atomic mass is 9.67. The van der Waals surface area contributed by atoms with Crippen molar-refractivity contribution < 1.29 is 5.21 Å². The standard InChI is InChI=1S/C13H24N2O/c1-8-9-6-11(13(8,2)3)10(7-15(4)5)12(9)14-16/h8,10-11,14,16H,6-7H2,1-5H3. The molecule has 0 radical (unpaired) electrons. The van der Waals surface area contributed by atoms with E-state index in [4.69, 9.17) is 0 Å². The van der Waals surface area contributed by atoms with Gasteiger partial charge in [-0.3, -0.25) is 10.7 Å². The Balaban J connectivity index is 2.32. The average Bonchev–Trinajstić information content (AvgIpc) is 2.63. The van der Waals surface area contributed by atoms with Crippen molar-refractivity contribution in [2.24, 2.45) is 23.2 Å². The van der Waals surface area contributed by atoms with Gasteiger partial charge in [-0.1, -0.05) is 20.8 Å². The van der Waals surface area contributed by atoms with Gasteiger partial charge in [0.1, 0.15) is 0 Å². The molecule has 0 saturated heterocycles. The van der Waals surface area contributed by atoms with Gasteiger partial charge in [-0.2, -0.15) is 0 Å². The van der Waals surface area contributed by atoms with Gasteiger partial charge in [0.25, 0.3) is 0 Å². The molecule has 2 N–H and O–H groups in total. The number of hydrogen-bond acceptors (Lipinski definition) is 3. The number of hydroxylamine groups is 1. The van der Waals surface area contributed by atoms with E-state index < -0.39 is 0 Å². The quantitative estimate of drug-likeness (QED) is 0.721. The van der Waals surface area contributed by atoms with Crippen LogP contribution in [0.3, 0.4) is 0 Å². The van der Waals surface area contributed by atoms with E-state index in [0.717, 1.165) is 18.7 Å². The maximum absolute atomic E-state index is 9.33. The third-order valence-electron chi connectivity index (χ3n) is 4.92. The van der Waals surface area contributed by atoms with Crippen LogP contribution in [0.5, 0.6) is 0 Å². The molecule has 0 aromatic carbocycles. The molecular weight excluding hydrogens is 200 g/mol. The van der Waals surface area contributed by atoms with Crippen molar-refractivity contribution in [3.05, 3.63) is 11.3 Å². The van der Waals surface area contributed by atoms with Gasteiger partial charge < -0.3 is 4.90 Å². The van der Waals surface area contributed by atoms with Gasteiger partial charge in [-0.15, -0.1) is 0 Å². The monoisotopic (exact) mass is 224 g/mol. The van der Waals surface area contributed by atoms with Gasteiger partial charge in [0.05, 0.1) is 0 Å². The predicted octanol–water partition coefficient (Wildman–Crippen LogP) is 2.09. The summed E-state index contributed by atoms with van der Waals surface area (Å²) in [5, 5.41) is 9.33. The SMILES string of the molecule is CC1C2=C(NO)C(CN(C)C)C(C2)C1(C)C. The molecule has 0 aliphatic heterocycles. The first-order valence-corrected chi connectivity index (χ1v) is 6.17. The maximum Gasteiger partial charge on any atom is 0.0418 e. The highest BCUT2D eigenvalue weighted by molar-refractivity contribution is 5.33. The summed E-state index contributed by atoms with van der Waals surface area (Å²) in [6.07, 6.45) is 1.16. The van der Waals surface area contributed by atoms with E-state index in [1.807, 2.05) is 0 Å². The maximum atomic E-state index is 9.33. The molecular formula is C13H24N2O. The summed E-state index contributed by atoms with van der Waals surface area (Å²) in [5.41, 5.74) is 5.39. The molecule has 3 atom stereocenters. The van der Waals surface area contributed by atoms with Crippen molar-refractivity contribution in [1.29, 1.82) is 0 Å². The number of fused-ring (bicyclic) bond motifs is 2. The molecule has 16 heavy (non-hydrogen) atoms. The van der Waals surface area contributed by atoms with E-state index >= 15 is 0 Å². The van der Waals surface area contributed by atoms with Gasteiger partial charge in [0, 0.05) is 18.2 Å². The van der Waals surface area contributed by atoms with Crippen molar-refractivity contribution in [2.75, 3.05) is 20.6 Å². The topological polar surface area (TPSA) is 35.5 Å². The van der Waals surface area contributed by atoms with Crippen LogP contribution in [0, 0.1) is 23.2 Å². The number of nitrogens with zero attached hydrogens (tertiary/aromatic N) is 1. The molecule has 0 heterocycles. The van der Waals surface area contributed by atoms with Crippen LogP contribution < -0.4 is 5.48 Å². The van der Waals surface area contributed by atoms with Gasteiger partial charge in [-0.25, -0.2) is 0 Å². The molecule has 2 bridgehead atoms. The molecule has 0 aromatic rings. The van der Waals surface area contributed by atoms with Crippen molar-refractivity contribution >= 4 is 0 Å². The largest absolute Gasteiger partial charge is 0.309 e. The molecule has 3 nitrogen and oxygen atoms in total. The highest BCUT2D eigenvalue weighted by Gasteiger charge is 2.54. The van der Waals surface area contributed by atoms with Crippen LogP contribution in [0.15, 0.2) is 11.3 Å². The van der Waals surface area contributed by atoms with Crippen LogP contribution in [0.2, 0.25) is 0 Å². The predicted molar refractivity (Wildman–Crippen MR) is 65.0 cm³/mol. The lowest BCUT2D eigenvalue weighted by Crippen LogP contribution is -2.40. The average molecular weight is 224 g/mol. The molecule has 0 spiro atoms.